The highest BCUT2D eigenvalue weighted by molar-refractivity contribution is 5.80. The second kappa shape index (κ2) is 5.71. The molecule has 0 aliphatic carbocycles. The third kappa shape index (κ3) is 2.27. The van der Waals surface area contributed by atoms with Gasteiger partial charge in [-0.05, 0) is 37.6 Å². The summed E-state index contributed by atoms with van der Waals surface area (Å²) in [7, 11) is 3.53. The van der Waals surface area contributed by atoms with E-state index in [0.29, 0.717) is 22.7 Å². The topological polar surface area (TPSA) is 75.2 Å². The number of halogens is 1. The molecule has 3 heterocycles. The van der Waals surface area contributed by atoms with E-state index < -0.39 is 5.82 Å². The third-order valence-corrected chi connectivity index (χ3v) is 5.50. The molecule has 0 radical (unpaired) electrons. The first-order chi connectivity index (χ1) is 12.0. The van der Waals surface area contributed by atoms with Crippen LogP contribution < -0.4 is 10.5 Å². The summed E-state index contributed by atoms with van der Waals surface area (Å²) in [5.41, 5.74) is 9.70. The largest absolute Gasteiger partial charge is 0.494 e. The summed E-state index contributed by atoms with van der Waals surface area (Å²) in [5.74, 6) is -0.0610. The zero-order valence-corrected chi connectivity index (χ0v) is 14.2. The number of pyridine rings is 1. The van der Waals surface area contributed by atoms with E-state index in [4.69, 9.17) is 10.5 Å². The lowest BCUT2D eigenvalue weighted by Gasteiger charge is -2.34. The van der Waals surface area contributed by atoms with Crippen LogP contribution in [-0.2, 0) is 6.42 Å². The summed E-state index contributed by atoms with van der Waals surface area (Å²) in [6.45, 7) is 0. The molecule has 25 heavy (non-hydrogen) atoms. The van der Waals surface area contributed by atoms with Crippen molar-refractivity contribution < 1.29 is 9.13 Å². The van der Waals surface area contributed by atoms with E-state index in [-0.39, 0.29) is 17.6 Å². The van der Waals surface area contributed by atoms with Crippen molar-refractivity contribution in [1.29, 1.82) is 5.26 Å². The Labute approximate surface area is 145 Å². The van der Waals surface area contributed by atoms with Crippen molar-refractivity contribution in [2.45, 2.75) is 31.3 Å². The van der Waals surface area contributed by atoms with Crippen molar-refractivity contribution in [3.8, 4) is 22.9 Å². The van der Waals surface area contributed by atoms with Gasteiger partial charge in [0.05, 0.1) is 7.11 Å². The van der Waals surface area contributed by atoms with E-state index in [1.165, 1.54) is 13.2 Å². The van der Waals surface area contributed by atoms with Crippen molar-refractivity contribution in [3.63, 3.8) is 0 Å². The number of aromatic nitrogens is 1. The molecule has 1 fully saturated rings. The van der Waals surface area contributed by atoms with Gasteiger partial charge in [0.2, 0.25) is 0 Å². The van der Waals surface area contributed by atoms with E-state index in [1.54, 1.807) is 12.1 Å². The number of methoxy groups -OCH3 is 1. The van der Waals surface area contributed by atoms with Crippen LogP contribution in [-0.4, -0.2) is 30.1 Å². The van der Waals surface area contributed by atoms with Crippen LogP contribution in [0.4, 0.5) is 10.2 Å². The standard InChI is InChI=1S/C19H19FN4O/c1-24-11-4-5-15(24)18-14(8-11)23-19(22)12(9-21)17(18)10-3-6-16(25-2)13(20)7-10/h3,6-7,11,15H,4-5,8H2,1-2H3,(H2,22,23)/t11-,15+/m0/s1. The Hall–Kier alpha value is -2.65. The number of likely N-dealkylation sites (N-methyl/N-ethyl adjacent to an activating group) is 1. The van der Waals surface area contributed by atoms with Gasteiger partial charge >= 0.3 is 0 Å². The van der Waals surface area contributed by atoms with Gasteiger partial charge in [-0.2, -0.15) is 5.26 Å². The maximum absolute atomic E-state index is 14.3. The van der Waals surface area contributed by atoms with Crippen LogP contribution in [0.5, 0.6) is 5.75 Å². The lowest BCUT2D eigenvalue weighted by molar-refractivity contribution is 0.222. The average molecular weight is 338 g/mol. The summed E-state index contributed by atoms with van der Waals surface area (Å²) in [6, 6.07) is 7.59. The summed E-state index contributed by atoms with van der Waals surface area (Å²) < 4.78 is 19.3. The molecule has 0 amide bonds. The summed E-state index contributed by atoms with van der Waals surface area (Å²) in [6.07, 6.45) is 2.91. The zero-order valence-electron chi connectivity index (χ0n) is 14.2. The van der Waals surface area contributed by atoms with Gasteiger partial charge in [0.25, 0.3) is 0 Å². The number of rotatable bonds is 2. The van der Waals surface area contributed by atoms with Crippen molar-refractivity contribution in [2.75, 3.05) is 19.9 Å². The van der Waals surface area contributed by atoms with Crippen molar-refractivity contribution in [1.82, 2.24) is 9.88 Å². The van der Waals surface area contributed by atoms with E-state index >= 15 is 0 Å². The van der Waals surface area contributed by atoms with Crippen LogP contribution in [0.15, 0.2) is 18.2 Å². The molecule has 2 aliphatic heterocycles. The van der Waals surface area contributed by atoms with Gasteiger partial charge in [-0.15, -0.1) is 0 Å². The number of anilines is 1. The van der Waals surface area contributed by atoms with Gasteiger partial charge in [-0.25, -0.2) is 9.37 Å². The number of nitrogens with zero attached hydrogens (tertiary/aromatic N) is 3. The second-order valence-electron chi connectivity index (χ2n) is 6.69. The van der Waals surface area contributed by atoms with E-state index in [2.05, 4.69) is 23.0 Å². The Morgan fingerprint density at radius 2 is 2.20 bits per heavy atom. The molecular weight excluding hydrogens is 319 g/mol. The number of fused-ring (bicyclic) bond motifs is 4. The molecule has 2 aromatic rings. The second-order valence-corrected chi connectivity index (χ2v) is 6.69. The molecule has 0 saturated carbocycles. The molecular formula is C19H19FN4O. The van der Waals surface area contributed by atoms with Gasteiger partial charge in [-0.1, -0.05) is 6.07 Å². The van der Waals surface area contributed by atoms with Gasteiger partial charge in [0.1, 0.15) is 17.5 Å². The van der Waals surface area contributed by atoms with Crippen LogP contribution in [0.2, 0.25) is 0 Å². The fourth-order valence-corrected chi connectivity index (χ4v) is 4.25. The predicted molar refractivity (Wildman–Crippen MR) is 92.5 cm³/mol. The minimum atomic E-state index is -0.457. The molecule has 2 aliphatic rings. The van der Waals surface area contributed by atoms with E-state index in [0.717, 1.165) is 30.5 Å². The Balaban J connectivity index is 2.00. The minimum Gasteiger partial charge on any atom is -0.494 e. The van der Waals surface area contributed by atoms with Crippen molar-refractivity contribution in [2.24, 2.45) is 0 Å². The highest BCUT2D eigenvalue weighted by atomic mass is 19.1. The molecule has 0 unspecified atom stereocenters. The summed E-state index contributed by atoms with van der Waals surface area (Å²) >= 11 is 0. The Kier molecular flexibility index (Phi) is 3.62. The molecule has 1 aromatic heterocycles. The number of hydrogen-bond acceptors (Lipinski definition) is 5. The predicted octanol–water partition coefficient (Wildman–Crippen LogP) is 3.04. The maximum Gasteiger partial charge on any atom is 0.165 e. The zero-order chi connectivity index (χ0) is 17.7. The van der Waals surface area contributed by atoms with Gasteiger partial charge < -0.3 is 10.5 Å². The van der Waals surface area contributed by atoms with Crippen LogP contribution in [0.3, 0.4) is 0 Å². The first-order valence-corrected chi connectivity index (χ1v) is 8.33. The number of nitrogens with two attached hydrogens (primary N) is 1. The first-order valence-electron chi connectivity index (χ1n) is 8.33. The maximum atomic E-state index is 14.3. The number of nitrogen functional groups attached to an aromatic ring is 1. The molecule has 4 rings (SSSR count). The minimum absolute atomic E-state index is 0.177. The SMILES string of the molecule is COc1ccc(-c2c(C#N)c(N)nc3c2[C@H]2CC[C@@H](C3)N2C)cc1F. The molecule has 1 aromatic carbocycles. The van der Waals surface area contributed by atoms with Crippen LogP contribution >= 0.6 is 0 Å². The Bertz CT molecular complexity index is 905. The molecule has 1 saturated heterocycles. The third-order valence-electron chi connectivity index (χ3n) is 5.50. The summed E-state index contributed by atoms with van der Waals surface area (Å²) in [5, 5.41) is 9.67. The Morgan fingerprint density at radius 1 is 1.40 bits per heavy atom. The molecule has 5 nitrogen and oxygen atoms in total. The van der Waals surface area contributed by atoms with Crippen LogP contribution in [0.1, 0.15) is 35.7 Å². The van der Waals surface area contributed by atoms with Crippen molar-refractivity contribution >= 4 is 5.82 Å². The number of hydrogen-bond donors (Lipinski definition) is 1. The van der Waals surface area contributed by atoms with Gasteiger partial charge in [0.15, 0.2) is 11.6 Å². The smallest absolute Gasteiger partial charge is 0.165 e. The molecule has 128 valence electrons. The first kappa shape index (κ1) is 15.9. The number of benzene rings is 1. The fourth-order valence-electron chi connectivity index (χ4n) is 4.25. The molecule has 2 N–H and O–H groups in total. The van der Waals surface area contributed by atoms with Crippen LogP contribution in [0, 0.1) is 17.1 Å². The van der Waals surface area contributed by atoms with E-state index in [9.17, 15) is 9.65 Å². The Morgan fingerprint density at radius 3 is 2.88 bits per heavy atom. The lowest BCUT2D eigenvalue weighted by Crippen LogP contribution is -2.35. The summed E-state index contributed by atoms with van der Waals surface area (Å²) in [4.78, 5) is 6.85. The lowest BCUT2D eigenvalue weighted by atomic mass is 9.87. The molecule has 6 heteroatoms. The molecule has 0 spiro atoms. The highest BCUT2D eigenvalue weighted by Gasteiger charge is 2.41. The normalized spacial score (nSPS) is 21.7. The van der Waals surface area contributed by atoms with Crippen LogP contribution in [0.25, 0.3) is 11.1 Å². The average Bonchev–Trinajstić information content (AvgIpc) is 2.84. The van der Waals surface area contributed by atoms with Crippen molar-refractivity contribution in [3.05, 3.63) is 40.8 Å². The van der Waals surface area contributed by atoms with Gasteiger partial charge in [-0.3, -0.25) is 4.90 Å². The monoisotopic (exact) mass is 338 g/mol. The number of ether oxygens (including phenoxy) is 1. The molecule has 2 atom stereocenters. The highest BCUT2D eigenvalue weighted by Crippen LogP contribution is 2.47. The molecule has 2 bridgehead atoms. The van der Waals surface area contributed by atoms with E-state index in [1.807, 2.05) is 0 Å². The van der Waals surface area contributed by atoms with Gasteiger partial charge in [0, 0.05) is 35.3 Å². The quantitative estimate of drug-likeness (QED) is 0.911. The fraction of sp³-hybridized carbons (Fsp3) is 0.368. The number of nitriles is 1.